The van der Waals surface area contributed by atoms with Gasteiger partial charge in [0, 0.05) is 6.42 Å². The van der Waals surface area contributed by atoms with Gasteiger partial charge in [-0.3, -0.25) is 14.4 Å². The van der Waals surface area contributed by atoms with Gasteiger partial charge in [0.25, 0.3) is 0 Å². The van der Waals surface area contributed by atoms with E-state index in [4.69, 9.17) is 4.74 Å². The highest BCUT2D eigenvalue weighted by Crippen LogP contribution is 2.45. The molecule has 1 saturated heterocycles. The summed E-state index contributed by atoms with van der Waals surface area (Å²) in [4.78, 5) is 34.6. The van der Waals surface area contributed by atoms with Crippen molar-refractivity contribution in [2.24, 2.45) is 11.3 Å². The molecule has 1 spiro atoms. The van der Waals surface area contributed by atoms with Crippen LogP contribution in [0.1, 0.15) is 25.7 Å². The number of esters is 2. The van der Waals surface area contributed by atoms with Gasteiger partial charge in [-0.2, -0.15) is 0 Å². The molecule has 0 aromatic heterocycles. The van der Waals surface area contributed by atoms with E-state index in [2.05, 4.69) is 4.74 Å². The molecule has 2 fully saturated rings. The monoisotopic (exact) mass is 226 g/mol. The molecule has 2 atom stereocenters. The molecule has 1 heterocycles. The summed E-state index contributed by atoms with van der Waals surface area (Å²) in [7, 11) is 1.25. The number of carbonyl (C=O) groups is 3. The smallest absolute Gasteiger partial charge is 0.316 e. The van der Waals surface area contributed by atoms with Crippen molar-refractivity contribution in [2.75, 3.05) is 13.7 Å². The predicted molar refractivity (Wildman–Crippen MR) is 52.4 cm³/mol. The van der Waals surface area contributed by atoms with E-state index in [0.717, 1.165) is 0 Å². The van der Waals surface area contributed by atoms with Crippen LogP contribution in [0, 0.1) is 11.3 Å². The van der Waals surface area contributed by atoms with E-state index in [1.165, 1.54) is 7.11 Å². The lowest BCUT2D eigenvalue weighted by Gasteiger charge is -2.32. The third kappa shape index (κ3) is 1.60. The maximum atomic E-state index is 11.6. The van der Waals surface area contributed by atoms with E-state index in [-0.39, 0.29) is 24.6 Å². The standard InChI is InChI=1S/C11H14O5/c1-15-9(13)7-6-11(3-2-8(7)12)4-5-16-10(11)14/h7H,2-6H2,1H3. The topological polar surface area (TPSA) is 69.7 Å². The highest BCUT2D eigenvalue weighted by molar-refractivity contribution is 6.01. The van der Waals surface area contributed by atoms with E-state index in [1.54, 1.807) is 0 Å². The lowest BCUT2D eigenvalue weighted by atomic mass is 9.68. The first kappa shape index (κ1) is 11.1. The fraction of sp³-hybridized carbons (Fsp3) is 0.727. The van der Waals surface area contributed by atoms with Crippen LogP contribution in [0.4, 0.5) is 0 Å². The minimum Gasteiger partial charge on any atom is -0.468 e. The number of ketones is 1. The Morgan fingerprint density at radius 3 is 2.75 bits per heavy atom. The lowest BCUT2D eigenvalue weighted by Crippen LogP contribution is -2.41. The molecule has 0 radical (unpaired) electrons. The summed E-state index contributed by atoms with van der Waals surface area (Å²) < 4.78 is 9.53. The molecule has 2 aliphatic rings. The van der Waals surface area contributed by atoms with Crippen LogP contribution in [0.3, 0.4) is 0 Å². The van der Waals surface area contributed by atoms with Gasteiger partial charge in [0.1, 0.15) is 11.7 Å². The van der Waals surface area contributed by atoms with Gasteiger partial charge in [-0.05, 0) is 19.3 Å². The highest BCUT2D eigenvalue weighted by Gasteiger charge is 2.51. The fourth-order valence-corrected chi connectivity index (χ4v) is 2.51. The average Bonchev–Trinajstić information content (AvgIpc) is 2.63. The average molecular weight is 226 g/mol. The summed E-state index contributed by atoms with van der Waals surface area (Å²) >= 11 is 0. The van der Waals surface area contributed by atoms with Crippen molar-refractivity contribution in [3.05, 3.63) is 0 Å². The zero-order valence-corrected chi connectivity index (χ0v) is 9.15. The molecule has 88 valence electrons. The molecule has 1 aliphatic heterocycles. The van der Waals surface area contributed by atoms with Gasteiger partial charge in [0.2, 0.25) is 0 Å². The second kappa shape index (κ2) is 3.88. The number of methoxy groups -OCH3 is 1. The minimum absolute atomic E-state index is 0.128. The fourth-order valence-electron chi connectivity index (χ4n) is 2.51. The van der Waals surface area contributed by atoms with Gasteiger partial charge in [-0.15, -0.1) is 0 Å². The Morgan fingerprint density at radius 1 is 1.44 bits per heavy atom. The third-order valence-electron chi connectivity index (χ3n) is 3.57. The van der Waals surface area contributed by atoms with Crippen LogP contribution in [-0.4, -0.2) is 31.4 Å². The predicted octanol–water partition coefficient (Wildman–Crippen LogP) is 0.462. The Kier molecular flexibility index (Phi) is 2.69. The van der Waals surface area contributed by atoms with Crippen LogP contribution in [0.5, 0.6) is 0 Å². The number of hydrogen-bond acceptors (Lipinski definition) is 5. The van der Waals surface area contributed by atoms with Crippen molar-refractivity contribution in [3.63, 3.8) is 0 Å². The molecule has 5 heteroatoms. The molecule has 0 bridgehead atoms. The largest absolute Gasteiger partial charge is 0.468 e. The molecular weight excluding hydrogens is 212 g/mol. The minimum atomic E-state index is -0.788. The van der Waals surface area contributed by atoms with Gasteiger partial charge in [0.05, 0.1) is 19.1 Å². The Morgan fingerprint density at radius 2 is 2.19 bits per heavy atom. The van der Waals surface area contributed by atoms with Crippen LogP contribution in [0.2, 0.25) is 0 Å². The number of ether oxygens (including phenoxy) is 2. The van der Waals surface area contributed by atoms with Crippen LogP contribution in [0.25, 0.3) is 0 Å². The molecule has 2 unspecified atom stereocenters. The number of carbonyl (C=O) groups excluding carboxylic acids is 3. The first-order chi connectivity index (χ1) is 7.59. The Balaban J connectivity index is 2.19. The van der Waals surface area contributed by atoms with Crippen molar-refractivity contribution in [2.45, 2.75) is 25.7 Å². The molecule has 5 nitrogen and oxygen atoms in total. The van der Waals surface area contributed by atoms with E-state index in [0.29, 0.717) is 19.4 Å². The Labute approximate surface area is 93.1 Å². The summed E-state index contributed by atoms with van der Waals surface area (Å²) in [6.45, 7) is 0.390. The Bertz CT molecular complexity index is 340. The summed E-state index contributed by atoms with van der Waals surface area (Å²) in [5.74, 6) is -1.72. The van der Waals surface area contributed by atoms with Crippen molar-refractivity contribution in [3.8, 4) is 0 Å². The highest BCUT2D eigenvalue weighted by atomic mass is 16.5. The van der Waals surface area contributed by atoms with Gasteiger partial charge in [-0.25, -0.2) is 0 Å². The summed E-state index contributed by atoms with van der Waals surface area (Å²) in [6, 6.07) is 0. The zero-order valence-electron chi connectivity index (χ0n) is 9.15. The van der Waals surface area contributed by atoms with Gasteiger partial charge >= 0.3 is 11.9 Å². The van der Waals surface area contributed by atoms with Crippen molar-refractivity contribution < 1.29 is 23.9 Å². The second-order valence-corrected chi connectivity index (χ2v) is 4.41. The van der Waals surface area contributed by atoms with Crippen molar-refractivity contribution >= 4 is 17.7 Å². The molecule has 16 heavy (non-hydrogen) atoms. The van der Waals surface area contributed by atoms with E-state index >= 15 is 0 Å². The van der Waals surface area contributed by atoms with E-state index < -0.39 is 17.3 Å². The molecule has 1 saturated carbocycles. The number of cyclic esters (lactones) is 1. The molecule has 2 rings (SSSR count). The lowest BCUT2D eigenvalue weighted by molar-refractivity contribution is -0.157. The zero-order chi connectivity index (χ0) is 11.8. The van der Waals surface area contributed by atoms with E-state index in [1.807, 2.05) is 0 Å². The maximum Gasteiger partial charge on any atom is 0.316 e. The summed E-state index contributed by atoms with van der Waals surface area (Å²) in [5, 5.41) is 0. The van der Waals surface area contributed by atoms with Crippen LogP contribution >= 0.6 is 0 Å². The Hall–Kier alpha value is -1.39. The number of Topliss-reactive ketones (excluding diaryl/α,β-unsaturated/α-hetero) is 1. The molecule has 0 aromatic rings. The number of rotatable bonds is 1. The molecule has 1 aliphatic carbocycles. The van der Waals surface area contributed by atoms with Gasteiger partial charge in [-0.1, -0.05) is 0 Å². The van der Waals surface area contributed by atoms with Crippen LogP contribution in [0.15, 0.2) is 0 Å². The molecular formula is C11H14O5. The maximum absolute atomic E-state index is 11.6. The van der Waals surface area contributed by atoms with Crippen molar-refractivity contribution in [1.29, 1.82) is 0 Å². The molecule has 0 N–H and O–H groups in total. The SMILES string of the molecule is COC(=O)C1CC2(CCOC2=O)CCC1=O. The third-order valence-corrected chi connectivity index (χ3v) is 3.57. The first-order valence-electron chi connectivity index (χ1n) is 5.37. The van der Waals surface area contributed by atoms with Crippen LogP contribution < -0.4 is 0 Å². The van der Waals surface area contributed by atoms with Gasteiger partial charge in [0.15, 0.2) is 0 Å². The quantitative estimate of drug-likeness (QED) is 0.480. The molecule has 0 amide bonds. The summed E-state index contributed by atoms with van der Waals surface area (Å²) in [6.07, 6.45) is 1.61. The molecule has 0 aromatic carbocycles. The summed E-state index contributed by atoms with van der Waals surface area (Å²) in [5.41, 5.74) is -0.618. The first-order valence-corrected chi connectivity index (χ1v) is 5.37. The van der Waals surface area contributed by atoms with E-state index in [9.17, 15) is 14.4 Å². The number of hydrogen-bond donors (Lipinski definition) is 0. The van der Waals surface area contributed by atoms with Gasteiger partial charge < -0.3 is 9.47 Å². The van der Waals surface area contributed by atoms with Crippen LogP contribution in [-0.2, 0) is 23.9 Å². The van der Waals surface area contributed by atoms with Crippen molar-refractivity contribution in [1.82, 2.24) is 0 Å². The normalized spacial score (nSPS) is 33.9. The second-order valence-electron chi connectivity index (χ2n) is 4.41.